The number of aryl methyl sites for hydroxylation is 2. The molecule has 130 valence electrons. The van der Waals surface area contributed by atoms with Gasteiger partial charge in [0.15, 0.2) is 0 Å². The van der Waals surface area contributed by atoms with E-state index in [-0.39, 0.29) is 0 Å². The minimum atomic E-state index is 1.31. The van der Waals surface area contributed by atoms with Crippen molar-refractivity contribution in [3.05, 3.63) is 21.4 Å². The molecule has 1 aromatic carbocycles. The third-order valence-electron chi connectivity index (χ3n) is 4.47. The van der Waals surface area contributed by atoms with Gasteiger partial charge in [0.25, 0.3) is 0 Å². The van der Waals surface area contributed by atoms with Crippen molar-refractivity contribution in [3.63, 3.8) is 0 Å². The summed E-state index contributed by atoms with van der Waals surface area (Å²) in [5.74, 6) is 0. The van der Waals surface area contributed by atoms with Gasteiger partial charge < -0.3 is 0 Å². The minimum absolute atomic E-state index is 1.31. The van der Waals surface area contributed by atoms with E-state index in [0.29, 0.717) is 0 Å². The zero-order valence-electron chi connectivity index (χ0n) is 14.9. The van der Waals surface area contributed by atoms with Crippen molar-refractivity contribution < 1.29 is 0 Å². The Bertz CT molecular complexity index is 660. The third-order valence-corrected chi connectivity index (χ3v) is 10.0. The molecule has 0 amide bonds. The number of hydrogen-bond donors (Lipinski definition) is 0. The molecule has 4 heteroatoms. The van der Waals surface area contributed by atoms with E-state index in [1.165, 1.54) is 80.6 Å². The van der Waals surface area contributed by atoms with Crippen LogP contribution < -0.4 is 0 Å². The molecule has 0 aliphatic carbocycles. The van der Waals surface area contributed by atoms with Gasteiger partial charge in [-0.2, -0.15) is 0 Å². The maximum absolute atomic E-state index is 2.50. The van der Waals surface area contributed by atoms with Gasteiger partial charge in [-0.15, -0.1) is 22.7 Å². The summed E-state index contributed by atoms with van der Waals surface area (Å²) in [5.41, 5.74) is 0. The molecule has 3 rings (SSSR count). The fourth-order valence-corrected chi connectivity index (χ4v) is 8.83. The molecule has 2 heterocycles. The molecule has 0 N–H and O–H groups in total. The lowest BCUT2D eigenvalue weighted by Gasteiger charge is -1.95. The quantitative estimate of drug-likeness (QED) is 0.300. The average Bonchev–Trinajstić information content (AvgIpc) is 3.15. The Morgan fingerprint density at radius 1 is 0.667 bits per heavy atom. The van der Waals surface area contributed by atoms with Crippen molar-refractivity contribution in [2.24, 2.45) is 0 Å². The molecule has 0 saturated heterocycles. The Balaban J connectivity index is 1.68. The van der Waals surface area contributed by atoms with Crippen LogP contribution in [0.4, 0.5) is 0 Å². The van der Waals surface area contributed by atoms with Crippen molar-refractivity contribution in [1.82, 2.24) is 0 Å². The predicted octanol–water partition coefficient (Wildman–Crippen LogP) is 9.52. The van der Waals surface area contributed by atoms with E-state index in [2.05, 4.69) is 48.7 Å². The van der Waals surface area contributed by atoms with Crippen LogP contribution in [0.25, 0.3) is 19.6 Å². The maximum Gasteiger partial charge on any atom is 0.0405 e. The highest BCUT2D eigenvalue weighted by Crippen LogP contribution is 2.44. The summed E-state index contributed by atoms with van der Waals surface area (Å²) in [7, 11) is 2.99. The Morgan fingerprint density at radius 2 is 1.12 bits per heavy atom. The van der Waals surface area contributed by atoms with Gasteiger partial charge in [-0.25, -0.2) is 0 Å². The molecule has 3 aromatic rings. The van der Waals surface area contributed by atoms with E-state index in [1.54, 1.807) is 28.9 Å². The van der Waals surface area contributed by atoms with Crippen molar-refractivity contribution in [2.75, 3.05) is 0 Å². The second kappa shape index (κ2) is 9.63. The van der Waals surface area contributed by atoms with Crippen LogP contribution in [-0.4, -0.2) is 0 Å². The molecule has 0 nitrogen and oxygen atoms in total. The monoisotopic (exact) mass is 394 g/mol. The molecule has 0 aliphatic rings. The molecule has 0 bridgehead atoms. The van der Waals surface area contributed by atoms with Crippen LogP contribution in [0, 0.1) is 0 Å². The zero-order valence-corrected chi connectivity index (χ0v) is 18.4. The van der Waals surface area contributed by atoms with E-state index in [0.717, 1.165) is 0 Å². The predicted molar refractivity (Wildman–Crippen MR) is 118 cm³/mol. The largest absolute Gasteiger partial charge is 0.135 e. The van der Waals surface area contributed by atoms with Gasteiger partial charge in [0, 0.05) is 28.9 Å². The second-order valence-electron chi connectivity index (χ2n) is 6.62. The minimum Gasteiger partial charge on any atom is -0.135 e. The molecule has 0 fully saturated rings. The number of fused-ring (bicyclic) bond motifs is 2. The van der Waals surface area contributed by atoms with E-state index < -0.39 is 0 Å². The molecular formula is C20H28P2S2. The Hall–Kier alpha value is -0.0000000000000000555. The van der Waals surface area contributed by atoms with Crippen LogP contribution in [0.5, 0.6) is 0 Å². The van der Waals surface area contributed by atoms with Crippen LogP contribution in [-0.2, 0) is 12.8 Å². The molecule has 0 atom stereocenters. The molecular weight excluding hydrogens is 366 g/mol. The van der Waals surface area contributed by atoms with Crippen molar-refractivity contribution in [1.29, 1.82) is 0 Å². The molecule has 0 aliphatic heterocycles. The first-order chi connectivity index (χ1) is 11.8. The molecule has 24 heavy (non-hydrogen) atoms. The van der Waals surface area contributed by atoms with Gasteiger partial charge in [-0.05, 0) is 37.8 Å². The van der Waals surface area contributed by atoms with Crippen LogP contribution in [0.2, 0.25) is 0 Å². The standard InChI is InChI=1S/C20H28P2S2/c1-3-5-7-9-11-19-21-15-13-18-16(14-17(15)23-19)22-20(24-18)12-10-8-6-4-2/h13-14H,3-12H2,1-2H3. The summed E-state index contributed by atoms with van der Waals surface area (Å²) >= 11 is 4.13. The lowest BCUT2D eigenvalue weighted by molar-refractivity contribution is 0.673. The fraction of sp³-hybridized carbons (Fsp3) is 0.600. The van der Waals surface area contributed by atoms with Gasteiger partial charge in [-0.1, -0.05) is 68.8 Å². The highest BCUT2D eigenvalue weighted by molar-refractivity contribution is 7.52. The number of rotatable bonds is 10. The van der Waals surface area contributed by atoms with E-state index in [1.807, 2.05) is 0 Å². The van der Waals surface area contributed by atoms with Gasteiger partial charge in [-0.3, -0.25) is 0 Å². The number of unbranched alkanes of at least 4 members (excludes halogenated alkanes) is 6. The molecule has 0 radical (unpaired) electrons. The SMILES string of the molecule is CCCCCCc1pc2cc3sc(CCCCCC)pc3cc2s1. The first-order valence-corrected chi connectivity index (χ1v) is 12.9. The summed E-state index contributed by atoms with van der Waals surface area (Å²) in [6.07, 6.45) is 13.6. The van der Waals surface area contributed by atoms with Crippen LogP contribution in [0.3, 0.4) is 0 Å². The van der Waals surface area contributed by atoms with Crippen LogP contribution >= 0.6 is 39.1 Å². The lowest BCUT2D eigenvalue weighted by atomic mass is 10.2. The summed E-state index contributed by atoms with van der Waals surface area (Å²) in [4.78, 5) is 0. The highest BCUT2D eigenvalue weighted by Gasteiger charge is 2.08. The van der Waals surface area contributed by atoms with Gasteiger partial charge in [0.05, 0.1) is 0 Å². The fourth-order valence-electron chi connectivity index (χ4n) is 3.06. The van der Waals surface area contributed by atoms with E-state index in [9.17, 15) is 0 Å². The summed E-state index contributed by atoms with van der Waals surface area (Å²) in [6, 6.07) is 4.99. The zero-order chi connectivity index (χ0) is 16.8. The van der Waals surface area contributed by atoms with Gasteiger partial charge >= 0.3 is 0 Å². The summed E-state index contributed by atoms with van der Waals surface area (Å²) in [6.45, 7) is 4.58. The maximum atomic E-state index is 2.50. The van der Waals surface area contributed by atoms with Gasteiger partial charge in [0.2, 0.25) is 0 Å². The Labute approximate surface area is 157 Å². The summed E-state index contributed by atoms with van der Waals surface area (Å²) < 4.78 is 6.44. The lowest BCUT2D eigenvalue weighted by Crippen LogP contribution is -1.78. The first-order valence-electron chi connectivity index (χ1n) is 9.49. The average molecular weight is 395 g/mol. The number of hydrogen-bond acceptors (Lipinski definition) is 2. The smallest absolute Gasteiger partial charge is 0.0405 e. The Kier molecular flexibility index (Phi) is 7.54. The molecule has 0 saturated carbocycles. The van der Waals surface area contributed by atoms with E-state index >= 15 is 0 Å². The van der Waals surface area contributed by atoms with Crippen molar-refractivity contribution in [2.45, 2.75) is 78.1 Å². The van der Waals surface area contributed by atoms with Crippen molar-refractivity contribution >= 4 is 58.7 Å². The van der Waals surface area contributed by atoms with Crippen LogP contribution in [0.1, 0.15) is 74.4 Å². The highest BCUT2D eigenvalue weighted by atomic mass is 32.1. The van der Waals surface area contributed by atoms with Crippen LogP contribution in [0.15, 0.2) is 12.1 Å². The first kappa shape index (κ1) is 18.8. The normalized spacial score (nSPS) is 12.4. The van der Waals surface area contributed by atoms with Gasteiger partial charge in [0.1, 0.15) is 0 Å². The molecule has 0 spiro atoms. The molecule has 2 aromatic heterocycles. The Morgan fingerprint density at radius 3 is 1.54 bits per heavy atom. The van der Waals surface area contributed by atoms with Crippen molar-refractivity contribution in [3.8, 4) is 0 Å². The second-order valence-corrected chi connectivity index (χ2v) is 12.0. The topological polar surface area (TPSA) is 0 Å². The third kappa shape index (κ3) is 5.01. The van der Waals surface area contributed by atoms with E-state index in [4.69, 9.17) is 0 Å². The summed E-state index contributed by atoms with van der Waals surface area (Å²) in [5, 5.41) is 3.14. The number of benzene rings is 1. The molecule has 0 unspecified atom stereocenters.